The molecular formula is C13H21N5. The van der Waals surface area contributed by atoms with Gasteiger partial charge >= 0.3 is 0 Å². The third-order valence-corrected chi connectivity index (χ3v) is 3.96. The van der Waals surface area contributed by atoms with Crippen LogP contribution in [0.5, 0.6) is 0 Å². The number of nitrogens with one attached hydrogen (secondary N) is 1. The van der Waals surface area contributed by atoms with Crippen molar-refractivity contribution in [3.63, 3.8) is 0 Å². The largest absolute Gasteiger partial charge is 0.352 e. The summed E-state index contributed by atoms with van der Waals surface area (Å²) in [5.74, 6) is 1.03. The van der Waals surface area contributed by atoms with Gasteiger partial charge in [-0.3, -0.25) is 9.88 Å². The van der Waals surface area contributed by atoms with Crippen LogP contribution in [-0.4, -0.2) is 54.1 Å². The molecule has 2 fully saturated rings. The fourth-order valence-electron chi connectivity index (χ4n) is 2.98. The minimum Gasteiger partial charge on any atom is -0.352 e. The van der Waals surface area contributed by atoms with Crippen LogP contribution in [0.1, 0.15) is 18.5 Å². The van der Waals surface area contributed by atoms with Gasteiger partial charge in [0.2, 0.25) is 0 Å². The number of nitrogens with zero attached hydrogens (tertiary/aromatic N) is 4. The minimum atomic E-state index is 0.734. The van der Waals surface area contributed by atoms with Crippen molar-refractivity contribution in [3.05, 3.63) is 18.1 Å². The van der Waals surface area contributed by atoms with E-state index in [9.17, 15) is 0 Å². The molecule has 0 amide bonds. The Morgan fingerprint density at radius 1 is 1.28 bits per heavy atom. The molecule has 2 aliphatic rings. The number of rotatable bonds is 3. The van der Waals surface area contributed by atoms with Crippen LogP contribution in [0, 0.1) is 0 Å². The fraction of sp³-hybridized carbons (Fsp3) is 0.692. The lowest BCUT2D eigenvalue weighted by atomic mass is 10.1. The van der Waals surface area contributed by atoms with Crippen molar-refractivity contribution in [2.24, 2.45) is 0 Å². The Hall–Kier alpha value is -1.20. The highest BCUT2D eigenvalue weighted by Crippen LogP contribution is 2.23. The van der Waals surface area contributed by atoms with Crippen LogP contribution >= 0.6 is 0 Å². The number of hydrogen-bond donors (Lipinski definition) is 1. The molecule has 3 rings (SSSR count). The summed E-state index contributed by atoms with van der Waals surface area (Å²) in [5.41, 5.74) is 1.00. The topological polar surface area (TPSA) is 44.3 Å². The van der Waals surface area contributed by atoms with Gasteiger partial charge in [-0.25, -0.2) is 4.98 Å². The van der Waals surface area contributed by atoms with Gasteiger partial charge < -0.3 is 10.2 Å². The average molecular weight is 247 g/mol. The Balaban J connectivity index is 1.67. The molecule has 1 N–H and O–H groups in total. The summed E-state index contributed by atoms with van der Waals surface area (Å²) in [6.07, 6.45) is 6.48. The lowest BCUT2D eigenvalue weighted by Gasteiger charge is -2.37. The number of anilines is 1. The van der Waals surface area contributed by atoms with Crippen LogP contribution in [0.3, 0.4) is 0 Å². The highest BCUT2D eigenvalue weighted by atomic mass is 15.3. The van der Waals surface area contributed by atoms with E-state index >= 15 is 0 Å². The molecule has 5 nitrogen and oxygen atoms in total. The molecule has 0 spiro atoms. The zero-order valence-corrected chi connectivity index (χ0v) is 11.0. The Morgan fingerprint density at radius 2 is 2.22 bits per heavy atom. The van der Waals surface area contributed by atoms with Gasteiger partial charge in [-0.15, -0.1) is 0 Å². The SMILES string of the molecule is CNCc1cnc(N2CCN3CCCC3C2)cn1. The second-order valence-corrected chi connectivity index (χ2v) is 5.17. The Labute approximate surface area is 108 Å². The summed E-state index contributed by atoms with van der Waals surface area (Å²) >= 11 is 0. The highest BCUT2D eigenvalue weighted by Gasteiger charge is 2.30. The lowest BCUT2D eigenvalue weighted by Crippen LogP contribution is -2.50. The van der Waals surface area contributed by atoms with Gasteiger partial charge in [-0.1, -0.05) is 0 Å². The van der Waals surface area contributed by atoms with Gasteiger partial charge in [0.25, 0.3) is 0 Å². The lowest BCUT2D eigenvalue weighted by molar-refractivity contribution is 0.230. The van der Waals surface area contributed by atoms with Crippen molar-refractivity contribution in [3.8, 4) is 0 Å². The van der Waals surface area contributed by atoms with E-state index in [1.807, 2.05) is 19.4 Å². The van der Waals surface area contributed by atoms with E-state index in [2.05, 4.69) is 25.1 Å². The molecular weight excluding hydrogens is 226 g/mol. The number of aromatic nitrogens is 2. The van der Waals surface area contributed by atoms with E-state index in [1.54, 1.807) is 0 Å². The summed E-state index contributed by atoms with van der Waals surface area (Å²) in [4.78, 5) is 14.0. The molecule has 1 atom stereocenters. The third kappa shape index (κ3) is 2.33. The molecule has 1 unspecified atom stereocenters. The summed E-state index contributed by atoms with van der Waals surface area (Å²) in [6.45, 7) is 5.43. The molecule has 18 heavy (non-hydrogen) atoms. The first-order valence-electron chi connectivity index (χ1n) is 6.81. The maximum Gasteiger partial charge on any atom is 0.147 e. The van der Waals surface area contributed by atoms with Crippen LogP contribution in [-0.2, 0) is 6.54 Å². The first-order chi connectivity index (χ1) is 8.86. The van der Waals surface area contributed by atoms with Crippen LogP contribution in [0.25, 0.3) is 0 Å². The molecule has 0 radical (unpaired) electrons. The predicted molar refractivity (Wildman–Crippen MR) is 71.6 cm³/mol. The molecule has 1 aromatic heterocycles. The molecule has 0 saturated carbocycles. The van der Waals surface area contributed by atoms with Gasteiger partial charge in [0, 0.05) is 32.2 Å². The van der Waals surface area contributed by atoms with Crippen LogP contribution in [0.2, 0.25) is 0 Å². The highest BCUT2D eigenvalue weighted by molar-refractivity contribution is 5.37. The van der Waals surface area contributed by atoms with Crippen molar-refractivity contribution in [1.29, 1.82) is 0 Å². The van der Waals surface area contributed by atoms with Gasteiger partial charge in [0.1, 0.15) is 5.82 Å². The Kier molecular flexibility index (Phi) is 3.43. The molecule has 3 heterocycles. The first kappa shape index (κ1) is 11.9. The summed E-state index contributed by atoms with van der Waals surface area (Å²) in [5, 5.41) is 3.09. The van der Waals surface area contributed by atoms with Crippen molar-refractivity contribution >= 4 is 5.82 Å². The van der Waals surface area contributed by atoms with Crippen molar-refractivity contribution in [2.75, 3.05) is 38.1 Å². The Morgan fingerprint density at radius 3 is 3.00 bits per heavy atom. The van der Waals surface area contributed by atoms with Gasteiger partial charge in [0.05, 0.1) is 18.1 Å². The van der Waals surface area contributed by atoms with Gasteiger partial charge in [0.15, 0.2) is 0 Å². The molecule has 0 bridgehead atoms. The average Bonchev–Trinajstić information content (AvgIpc) is 2.87. The predicted octanol–water partition coefficient (Wildman–Crippen LogP) is 0.480. The Bertz CT molecular complexity index is 391. The molecule has 2 saturated heterocycles. The maximum absolute atomic E-state index is 4.54. The van der Waals surface area contributed by atoms with Crippen LogP contribution in [0.15, 0.2) is 12.4 Å². The van der Waals surface area contributed by atoms with E-state index in [-0.39, 0.29) is 0 Å². The number of hydrogen-bond acceptors (Lipinski definition) is 5. The van der Waals surface area contributed by atoms with E-state index in [0.717, 1.165) is 37.2 Å². The van der Waals surface area contributed by atoms with E-state index in [4.69, 9.17) is 0 Å². The number of fused-ring (bicyclic) bond motifs is 1. The summed E-state index contributed by atoms with van der Waals surface area (Å²) < 4.78 is 0. The molecule has 1 aromatic rings. The summed E-state index contributed by atoms with van der Waals surface area (Å²) in [6, 6.07) is 0.734. The maximum atomic E-state index is 4.54. The van der Waals surface area contributed by atoms with Crippen molar-refractivity contribution in [1.82, 2.24) is 20.2 Å². The monoisotopic (exact) mass is 247 g/mol. The summed E-state index contributed by atoms with van der Waals surface area (Å²) in [7, 11) is 1.93. The van der Waals surface area contributed by atoms with Crippen LogP contribution < -0.4 is 10.2 Å². The third-order valence-electron chi connectivity index (χ3n) is 3.96. The van der Waals surface area contributed by atoms with E-state index in [1.165, 1.54) is 25.9 Å². The second kappa shape index (κ2) is 5.20. The molecule has 2 aliphatic heterocycles. The fourth-order valence-corrected chi connectivity index (χ4v) is 2.98. The van der Waals surface area contributed by atoms with Gasteiger partial charge in [-0.2, -0.15) is 0 Å². The normalized spacial score (nSPS) is 24.3. The quantitative estimate of drug-likeness (QED) is 0.841. The molecule has 0 aromatic carbocycles. The minimum absolute atomic E-state index is 0.734. The molecule has 98 valence electrons. The smallest absolute Gasteiger partial charge is 0.147 e. The zero-order chi connectivity index (χ0) is 12.4. The van der Waals surface area contributed by atoms with E-state index < -0.39 is 0 Å². The first-order valence-corrected chi connectivity index (χ1v) is 6.81. The zero-order valence-electron chi connectivity index (χ0n) is 11.0. The van der Waals surface area contributed by atoms with Crippen molar-refractivity contribution < 1.29 is 0 Å². The van der Waals surface area contributed by atoms with Crippen molar-refractivity contribution in [2.45, 2.75) is 25.4 Å². The number of piperazine rings is 1. The second-order valence-electron chi connectivity index (χ2n) is 5.17. The van der Waals surface area contributed by atoms with E-state index in [0.29, 0.717) is 0 Å². The molecule has 5 heteroatoms. The van der Waals surface area contributed by atoms with Crippen LogP contribution in [0.4, 0.5) is 5.82 Å². The van der Waals surface area contributed by atoms with Gasteiger partial charge in [-0.05, 0) is 26.4 Å². The standard InChI is InChI=1S/C13H21N5/c1-14-7-11-8-16-13(9-15-11)18-6-5-17-4-2-3-12(17)10-18/h8-9,12,14H,2-7,10H2,1H3. The molecule has 0 aliphatic carbocycles.